The average molecular weight is 1070 g/mol. The molecular formula is C81H72N2. The third kappa shape index (κ3) is 8.76. The summed E-state index contributed by atoms with van der Waals surface area (Å²) >= 11 is 0. The Hall–Kier alpha value is -8.98. The maximum Gasteiger partial charge on any atom is 0.0465 e. The van der Waals surface area contributed by atoms with Crippen molar-refractivity contribution in [2.24, 2.45) is 5.92 Å². The van der Waals surface area contributed by atoms with Crippen LogP contribution in [0.2, 0.25) is 0 Å². The number of fused-ring (bicyclic) bond motifs is 9. The van der Waals surface area contributed by atoms with Crippen LogP contribution in [0, 0.1) is 19.8 Å². The molecule has 0 N–H and O–H groups in total. The van der Waals surface area contributed by atoms with Gasteiger partial charge in [0.1, 0.15) is 0 Å². The summed E-state index contributed by atoms with van der Waals surface area (Å²) in [4.78, 5) is 4.80. The lowest BCUT2D eigenvalue weighted by molar-refractivity contribution is 0.637. The van der Waals surface area contributed by atoms with Gasteiger partial charge in [-0.1, -0.05) is 212 Å². The van der Waals surface area contributed by atoms with Crippen LogP contribution in [0.25, 0.3) is 66.8 Å². The SMILES string of the molecule is Cc1ccc(N(c2ccc(-c3ccc4c(c3)C(C)(C)c3ccccc3-4)cc2)c2ccc(-c3ccc4c(c3)C(C)(C)c3cc(N(c5ccc(C)cc5)c5ccc(-c6ccc7c(c6)C(C)(C)c6cc(CC(C)C)ccc6-7)cc5)ccc3-4)cc2)cc1. The summed E-state index contributed by atoms with van der Waals surface area (Å²) in [5, 5.41) is 0. The molecule has 0 saturated carbocycles. The summed E-state index contributed by atoms with van der Waals surface area (Å²) < 4.78 is 0. The molecule has 0 spiro atoms. The first kappa shape index (κ1) is 52.1. The van der Waals surface area contributed by atoms with Gasteiger partial charge in [-0.25, -0.2) is 0 Å². The Morgan fingerprint density at radius 1 is 0.277 bits per heavy atom. The lowest BCUT2D eigenvalue weighted by Gasteiger charge is -2.28. The van der Waals surface area contributed by atoms with E-state index in [0.717, 1.165) is 40.5 Å². The zero-order chi connectivity index (χ0) is 57.1. The minimum Gasteiger partial charge on any atom is -0.311 e. The van der Waals surface area contributed by atoms with E-state index >= 15 is 0 Å². The lowest BCUT2D eigenvalue weighted by Crippen LogP contribution is -2.16. The van der Waals surface area contributed by atoms with E-state index in [9.17, 15) is 0 Å². The van der Waals surface area contributed by atoms with Crippen molar-refractivity contribution >= 4 is 34.1 Å². The minimum atomic E-state index is -0.230. The van der Waals surface area contributed by atoms with Gasteiger partial charge in [0.2, 0.25) is 0 Å². The van der Waals surface area contributed by atoms with Gasteiger partial charge in [-0.15, -0.1) is 0 Å². The average Bonchev–Trinajstić information content (AvgIpc) is 2.16. The molecule has 0 atom stereocenters. The quantitative estimate of drug-likeness (QED) is 0.127. The second kappa shape index (κ2) is 19.6. The summed E-state index contributed by atoms with van der Waals surface area (Å²) in [5.74, 6) is 0.629. The van der Waals surface area contributed by atoms with E-state index < -0.39 is 0 Å². The molecule has 11 aromatic rings. The van der Waals surface area contributed by atoms with Crippen LogP contribution in [0.4, 0.5) is 34.1 Å². The molecule has 0 aromatic heterocycles. The highest BCUT2D eigenvalue weighted by molar-refractivity contribution is 5.90. The van der Waals surface area contributed by atoms with Crippen molar-refractivity contribution in [1.29, 1.82) is 0 Å². The van der Waals surface area contributed by atoms with Crippen LogP contribution in [-0.4, -0.2) is 0 Å². The van der Waals surface area contributed by atoms with Crippen LogP contribution in [0.3, 0.4) is 0 Å². The fourth-order valence-electron chi connectivity index (χ4n) is 14.2. The maximum atomic E-state index is 2.47. The molecule has 0 unspecified atom stereocenters. The van der Waals surface area contributed by atoms with Crippen LogP contribution in [0.1, 0.15) is 105 Å². The first-order valence-electron chi connectivity index (χ1n) is 29.9. The van der Waals surface area contributed by atoms with Crippen LogP contribution in [-0.2, 0) is 22.7 Å². The predicted molar refractivity (Wildman–Crippen MR) is 353 cm³/mol. The zero-order valence-corrected chi connectivity index (χ0v) is 49.7. The van der Waals surface area contributed by atoms with Gasteiger partial charge in [0.15, 0.2) is 0 Å². The normalized spacial score (nSPS) is 14.3. The minimum absolute atomic E-state index is 0.0440. The van der Waals surface area contributed by atoms with E-state index in [-0.39, 0.29) is 16.2 Å². The van der Waals surface area contributed by atoms with Gasteiger partial charge in [0.25, 0.3) is 0 Å². The lowest BCUT2D eigenvalue weighted by atomic mass is 9.81. The summed E-state index contributed by atoms with van der Waals surface area (Å²) in [6.07, 6.45) is 1.10. The Kier molecular flexibility index (Phi) is 12.3. The van der Waals surface area contributed by atoms with Crippen molar-refractivity contribution in [1.82, 2.24) is 0 Å². The number of nitrogens with zero attached hydrogens (tertiary/aromatic N) is 2. The fraction of sp³-hybridized carbons (Fsp3) is 0.185. The van der Waals surface area contributed by atoms with Crippen molar-refractivity contribution in [3.63, 3.8) is 0 Å². The highest BCUT2D eigenvalue weighted by Crippen LogP contribution is 2.54. The molecule has 0 heterocycles. The Balaban J connectivity index is 0.740. The van der Waals surface area contributed by atoms with E-state index in [4.69, 9.17) is 0 Å². The maximum absolute atomic E-state index is 2.47. The summed E-state index contributed by atoms with van der Waals surface area (Å²) in [5.41, 5.74) is 34.1. The molecule has 3 aliphatic rings. The predicted octanol–water partition coefficient (Wildman–Crippen LogP) is 22.4. The second-order valence-corrected chi connectivity index (χ2v) is 25.9. The molecular weight excluding hydrogens is 1000 g/mol. The molecule has 0 saturated heterocycles. The highest BCUT2D eigenvalue weighted by Gasteiger charge is 2.39. The molecule has 0 bridgehead atoms. The van der Waals surface area contributed by atoms with Gasteiger partial charge in [-0.3, -0.25) is 0 Å². The molecule has 2 nitrogen and oxygen atoms in total. The molecule has 83 heavy (non-hydrogen) atoms. The standard InChI is InChI=1S/C81H72N2/c1-51(2)45-54-19-40-68-70-42-27-59(48-76(70)80(7,8)74(68)46-54)57-24-37-65(38-25-57)83(62-31-17-53(4)18-32-62)66-39-44-72-71-43-28-60(49-77(71)81(9,10)78(72)50-66)56-22-35-64(36-23-56)82(61-29-15-52(3)16-30-61)63-33-20-55(21-34-63)58-26-41-69-67-13-11-12-14-73(67)79(5,6)75(69)47-58/h11-44,46-51H,45H2,1-10H3. The van der Waals surface area contributed by atoms with E-state index in [2.05, 4.69) is 316 Å². The largest absolute Gasteiger partial charge is 0.311 e. The number of hydrogen-bond donors (Lipinski definition) is 0. The first-order valence-corrected chi connectivity index (χ1v) is 29.9. The monoisotopic (exact) mass is 1070 g/mol. The molecule has 0 aliphatic heterocycles. The van der Waals surface area contributed by atoms with Crippen molar-refractivity contribution in [2.75, 3.05) is 9.80 Å². The Morgan fingerprint density at radius 3 is 0.976 bits per heavy atom. The van der Waals surface area contributed by atoms with E-state index in [1.165, 1.54) is 117 Å². The van der Waals surface area contributed by atoms with Crippen LogP contribution < -0.4 is 9.80 Å². The van der Waals surface area contributed by atoms with Gasteiger partial charge < -0.3 is 9.80 Å². The number of rotatable bonds is 11. The third-order valence-electron chi connectivity index (χ3n) is 18.8. The van der Waals surface area contributed by atoms with Crippen LogP contribution in [0.15, 0.2) is 237 Å². The molecule has 14 rings (SSSR count). The fourth-order valence-corrected chi connectivity index (χ4v) is 14.2. The zero-order valence-electron chi connectivity index (χ0n) is 49.7. The van der Waals surface area contributed by atoms with Gasteiger partial charge in [0, 0.05) is 50.4 Å². The van der Waals surface area contributed by atoms with Crippen molar-refractivity contribution in [3.05, 3.63) is 287 Å². The van der Waals surface area contributed by atoms with Crippen LogP contribution in [0.5, 0.6) is 0 Å². The van der Waals surface area contributed by atoms with E-state index in [0.29, 0.717) is 5.92 Å². The Bertz CT molecular complexity index is 4320. The molecule has 0 radical (unpaired) electrons. The molecule has 0 amide bonds. The van der Waals surface area contributed by atoms with Gasteiger partial charge in [-0.2, -0.15) is 0 Å². The summed E-state index contributed by atoms with van der Waals surface area (Å²) in [7, 11) is 0. The summed E-state index contributed by atoms with van der Waals surface area (Å²) in [6.45, 7) is 23.2. The van der Waals surface area contributed by atoms with E-state index in [1.54, 1.807) is 0 Å². The van der Waals surface area contributed by atoms with Crippen molar-refractivity contribution in [2.45, 2.75) is 91.9 Å². The van der Waals surface area contributed by atoms with Crippen LogP contribution >= 0.6 is 0 Å². The third-order valence-corrected chi connectivity index (χ3v) is 18.8. The molecule has 0 fully saturated rings. The van der Waals surface area contributed by atoms with Gasteiger partial charge in [0.05, 0.1) is 0 Å². The number of benzene rings is 11. The number of anilines is 6. The molecule has 406 valence electrons. The van der Waals surface area contributed by atoms with Crippen molar-refractivity contribution in [3.8, 4) is 66.8 Å². The number of hydrogen-bond acceptors (Lipinski definition) is 2. The van der Waals surface area contributed by atoms with Gasteiger partial charge in [-0.05, 0) is 223 Å². The van der Waals surface area contributed by atoms with E-state index in [1.807, 2.05) is 0 Å². The molecule has 2 heteroatoms. The first-order chi connectivity index (χ1) is 40.0. The van der Waals surface area contributed by atoms with Gasteiger partial charge >= 0.3 is 0 Å². The topological polar surface area (TPSA) is 6.48 Å². The summed E-state index contributed by atoms with van der Waals surface area (Å²) in [6, 6.07) is 89.7. The van der Waals surface area contributed by atoms with Crippen molar-refractivity contribution < 1.29 is 0 Å². The highest BCUT2D eigenvalue weighted by atomic mass is 15.1. The number of aryl methyl sites for hydroxylation is 2. The second-order valence-electron chi connectivity index (χ2n) is 25.9. The molecule has 11 aromatic carbocycles. The Morgan fingerprint density at radius 2 is 0.566 bits per heavy atom. The Labute approximate surface area is 492 Å². The molecule has 3 aliphatic carbocycles. The smallest absolute Gasteiger partial charge is 0.0465 e.